The number of nitrogens with zero attached hydrogens (tertiary/aromatic N) is 2. The number of aromatic nitrogens is 1. The van der Waals surface area contributed by atoms with E-state index in [2.05, 4.69) is 10.3 Å². The van der Waals surface area contributed by atoms with Gasteiger partial charge in [-0.1, -0.05) is 6.07 Å². The molecule has 2 rings (SSSR count). The van der Waals surface area contributed by atoms with E-state index in [0.717, 1.165) is 0 Å². The Labute approximate surface area is 139 Å². The lowest BCUT2D eigenvalue weighted by Gasteiger charge is -2.28. The summed E-state index contributed by atoms with van der Waals surface area (Å²) in [5.74, 6) is 0.417. The molecule has 0 radical (unpaired) electrons. The smallest absolute Gasteiger partial charge is 0.235 e. The monoisotopic (exact) mass is 345 g/mol. The number of hydrogen-bond acceptors (Lipinski definition) is 3. The Hall–Kier alpha value is -0.910. The molecule has 0 saturated heterocycles. The quantitative estimate of drug-likeness (QED) is 0.674. The molecular weight excluding hydrogens is 329 g/mol. The fourth-order valence-electron chi connectivity index (χ4n) is 2.04. The normalized spacial score (nSPS) is 22.8. The number of thiocarbonyl (C=S) groups is 1. The molecule has 0 bridgehead atoms. The Morgan fingerprint density at radius 1 is 1.48 bits per heavy atom. The van der Waals surface area contributed by atoms with E-state index in [-0.39, 0.29) is 11.9 Å². The molecule has 21 heavy (non-hydrogen) atoms. The molecule has 0 spiro atoms. The number of alkyl halides is 2. The average molecular weight is 346 g/mol. The van der Waals surface area contributed by atoms with Crippen molar-refractivity contribution in [3.05, 3.63) is 24.4 Å². The standard InChI is InChI=1S/C14H17Cl2N3OS/c1-9(2)19(10-6-4-5-7-17-10)12(21)18-11(20)13(3)8-14(13,15)16/h4-7,9H,8H2,1-3H3,(H,18,20,21). The second-order valence-electron chi connectivity index (χ2n) is 5.62. The molecule has 1 N–H and O–H groups in total. The molecule has 1 atom stereocenters. The van der Waals surface area contributed by atoms with Crippen LogP contribution >= 0.6 is 35.4 Å². The molecule has 1 saturated carbocycles. The Balaban J connectivity index is 2.13. The van der Waals surface area contributed by atoms with E-state index in [4.69, 9.17) is 35.4 Å². The second kappa shape index (κ2) is 5.71. The van der Waals surface area contributed by atoms with Crippen molar-refractivity contribution in [2.75, 3.05) is 4.90 Å². The van der Waals surface area contributed by atoms with Crippen LogP contribution in [-0.4, -0.2) is 26.4 Å². The van der Waals surface area contributed by atoms with E-state index >= 15 is 0 Å². The highest BCUT2D eigenvalue weighted by Crippen LogP contribution is 2.63. The van der Waals surface area contributed by atoms with E-state index in [1.807, 2.05) is 32.0 Å². The summed E-state index contributed by atoms with van der Waals surface area (Å²) in [4.78, 5) is 18.3. The van der Waals surface area contributed by atoms with Gasteiger partial charge >= 0.3 is 0 Å². The highest BCUT2D eigenvalue weighted by Gasteiger charge is 2.68. The first-order valence-electron chi connectivity index (χ1n) is 6.62. The molecule has 1 unspecified atom stereocenters. The van der Waals surface area contributed by atoms with Crippen molar-refractivity contribution < 1.29 is 4.79 Å². The van der Waals surface area contributed by atoms with Crippen LogP contribution in [-0.2, 0) is 4.79 Å². The molecule has 1 heterocycles. The van der Waals surface area contributed by atoms with Gasteiger partial charge in [-0.2, -0.15) is 0 Å². The van der Waals surface area contributed by atoms with Crippen LogP contribution in [0.15, 0.2) is 24.4 Å². The lowest BCUT2D eigenvalue weighted by Crippen LogP contribution is -2.49. The summed E-state index contributed by atoms with van der Waals surface area (Å²) >= 11 is 17.4. The molecule has 114 valence electrons. The van der Waals surface area contributed by atoms with Crippen molar-refractivity contribution in [3.8, 4) is 0 Å². The summed E-state index contributed by atoms with van der Waals surface area (Å²) in [6.07, 6.45) is 2.10. The van der Waals surface area contributed by atoms with Gasteiger partial charge in [-0.25, -0.2) is 4.98 Å². The van der Waals surface area contributed by atoms with Gasteiger partial charge in [0.1, 0.15) is 10.2 Å². The molecule has 1 fully saturated rings. The van der Waals surface area contributed by atoms with Crippen LogP contribution in [0.2, 0.25) is 0 Å². The van der Waals surface area contributed by atoms with Crippen LogP contribution in [0.4, 0.5) is 5.82 Å². The van der Waals surface area contributed by atoms with E-state index in [1.54, 1.807) is 18.0 Å². The maximum Gasteiger partial charge on any atom is 0.235 e. The fourth-order valence-corrected chi connectivity index (χ4v) is 3.14. The zero-order valence-corrected chi connectivity index (χ0v) is 14.4. The van der Waals surface area contributed by atoms with Gasteiger partial charge in [-0.3, -0.25) is 4.79 Å². The maximum atomic E-state index is 12.3. The molecular formula is C14H17Cl2N3OS. The van der Waals surface area contributed by atoms with Crippen molar-refractivity contribution in [2.24, 2.45) is 5.41 Å². The van der Waals surface area contributed by atoms with E-state index in [9.17, 15) is 4.79 Å². The van der Waals surface area contributed by atoms with Gasteiger partial charge in [0.15, 0.2) is 5.11 Å². The minimum absolute atomic E-state index is 0.0523. The first-order valence-corrected chi connectivity index (χ1v) is 7.79. The topological polar surface area (TPSA) is 45.2 Å². The predicted octanol–water partition coefficient (Wildman–Crippen LogP) is 3.28. The second-order valence-corrected chi connectivity index (χ2v) is 7.49. The number of pyridine rings is 1. The summed E-state index contributed by atoms with van der Waals surface area (Å²) in [5.41, 5.74) is -0.799. The molecule has 1 aromatic heterocycles. The molecule has 0 aromatic carbocycles. The third kappa shape index (κ3) is 3.15. The van der Waals surface area contributed by atoms with Gasteiger partial charge in [-0.05, 0) is 51.5 Å². The number of halogens is 2. The van der Waals surface area contributed by atoms with Crippen LogP contribution < -0.4 is 10.2 Å². The largest absolute Gasteiger partial charge is 0.302 e. The highest BCUT2D eigenvalue weighted by molar-refractivity contribution is 7.80. The van der Waals surface area contributed by atoms with Crippen molar-refractivity contribution in [2.45, 2.75) is 37.6 Å². The third-order valence-corrected chi connectivity index (χ3v) is 5.01. The van der Waals surface area contributed by atoms with Crippen LogP contribution in [0.25, 0.3) is 0 Å². The van der Waals surface area contributed by atoms with Crippen molar-refractivity contribution in [1.29, 1.82) is 0 Å². The Kier molecular flexibility index (Phi) is 4.47. The summed E-state index contributed by atoms with van der Waals surface area (Å²) in [6.45, 7) is 5.67. The van der Waals surface area contributed by atoms with Gasteiger partial charge in [0.05, 0.1) is 5.41 Å². The maximum absolute atomic E-state index is 12.3. The molecule has 0 aliphatic heterocycles. The lowest BCUT2D eigenvalue weighted by atomic mass is 10.1. The molecule has 1 aliphatic carbocycles. The SMILES string of the molecule is CC(C)N(C(=S)NC(=O)C1(C)CC1(Cl)Cl)c1ccccn1. The molecule has 4 nitrogen and oxygen atoms in total. The van der Waals surface area contributed by atoms with Gasteiger partial charge in [0.2, 0.25) is 5.91 Å². The van der Waals surface area contributed by atoms with Crippen molar-refractivity contribution in [3.63, 3.8) is 0 Å². The number of carbonyl (C=O) groups excluding carboxylic acids is 1. The first kappa shape index (κ1) is 16.5. The highest BCUT2D eigenvalue weighted by atomic mass is 35.5. The molecule has 1 aliphatic rings. The van der Waals surface area contributed by atoms with Crippen molar-refractivity contribution >= 4 is 52.3 Å². The van der Waals surface area contributed by atoms with Crippen LogP contribution in [0.5, 0.6) is 0 Å². The molecule has 1 amide bonds. The Morgan fingerprint density at radius 2 is 2.10 bits per heavy atom. The van der Waals surface area contributed by atoms with E-state index < -0.39 is 9.75 Å². The predicted molar refractivity (Wildman–Crippen MR) is 89.8 cm³/mol. The summed E-state index contributed by atoms with van der Waals surface area (Å²) in [7, 11) is 0. The number of nitrogens with one attached hydrogen (secondary N) is 1. The van der Waals surface area contributed by atoms with Crippen LogP contribution in [0.3, 0.4) is 0 Å². The minimum Gasteiger partial charge on any atom is -0.302 e. The van der Waals surface area contributed by atoms with Gasteiger partial charge in [0, 0.05) is 12.2 Å². The summed E-state index contributed by atoms with van der Waals surface area (Å²) in [6, 6.07) is 5.58. The minimum atomic E-state index is -1.01. The van der Waals surface area contributed by atoms with Crippen LogP contribution in [0.1, 0.15) is 27.2 Å². The lowest BCUT2D eigenvalue weighted by molar-refractivity contribution is -0.124. The number of hydrogen-bond donors (Lipinski definition) is 1. The Morgan fingerprint density at radius 3 is 2.52 bits per heavy atom. The first-order chi connectivity index (χ1) is 9.69. The molecule has 7 heteroatoms. The molecule has 1 aromatic rings. The van der Waals surface area contributed by atoms with Gasteiger partial charge in [0.25, 0.3) is 0 Å². The fraction of sp³-hybridized carbons (Fsp3) is 0.500. The van der Waals surface area contributed by atoms with Gasteiger partial charge < -0.3 is 10.2 Å². The van der Waals surface area contributed by atoms with Crippen molar-refractivity contribution in [1.82, 2.24) is 10.3 Å². The summed E-state index contributed by atoms with van der Waals surface area (Å²) in [5, 5.41) is 3.02. The number of carbonyl (C=O) groups is 1. The third-order valence-electron chi connectivity index (χ3n) is 3.61. The van der Waals surface area contributed by atoms with Gasteiger partial charge in [-0.15, -0.1) is 23.2 Å². The number of amides is 1. The average Bonchev–Trinajstić information content (AvgIpc) is 2.91. The Bertz CT molecular complexity index is 565. The number of anilines is 1. The zero-order chi connectivity index (χ0) is 15.8. The zero-order valence-electron chi connectivity index (χ0n) is 12.1. The van der Waals surface area contributed by atoms with Crippen LogP contribution in [0, 0.1) is 5.41 Å². The number of rotatable bonds is 3. The van der Waals surface area contributed by atoms with E-state index in [0.29, 0.717) is 17.4 Å². The summed E-state index contributed by atoms with van der Waals surface area (Å²) < 4.78 is -1.01. The van der Waals surface area contributed by atoms with E-state index in [1.165, 1.54) is 0 Å².